The summed E-state index contributed by atoms with van der Waals surface area (Å²) in [6, 6.07) is 11.8. The summed E-state index contributed by atoms with van der Waals surface area (Å²) >= 11 is 0. The van der Waals surface area contributed by atoms with E-state index in [2.05, 4.69) is 5.32 Å². The first-order valence-corrected chi connectivity index (χ1v) is 9.45. The van der Waals surface area contributed by atoms with Crippen molar-refractivity contribution in [1.29, 1.82) is 0 Å². The Morgan fingerprint density at radius 2 is 1.76 bits per heavy atom. The van der Waals surface area contributed by atoms with E-state index in [9.17, 15) is 17.6 Å². The van der Waals surface area contributed by atoms with Crippen molar-refractivity contribution >= 4 is 15.9 Å². The Kier molecular flexibility index (Phi) is 6.27. The van der Waals surface area contributed by atoms with Gasteiger partial charge in [-0.1, -0.05) is 32.0 Å². The van der Waals surface area contributed by atoms with Crippen LogP contribution in [0.4, 0.5) is 4.39 Å². The van der Waals surface area contributed by atoms with Crippen LogP contribution < -0.4 is 5.32 Å². The largest absolute Gasteiger partial charge is 0.348 e. The number of carbonyl (C=O) groups excluding carboxylic acids is 1. The van der Waals surface area contributed by atoms with Gasteiger partial charge in [-0.2, -0.15) is 4.31 Å². The van der Waals surface area contributed by atoms with Crippen molar-refractivity contribution in [3.63, 3.8) is 0 Å². The fraction of sp³-hybridized carbons (Fsp3) is 0.278. The second-order valence-electron chi connectivity index (χ2n) is 5.43. The number of sulfonamides is 1. The average Bonchev–Trinajstić information content (AvgIpc) is 2.60. The van der Waals surface area contributed by atoms with Crippen LogP contribution in [0.5, 0.6) is 0 Å². The number of hydrogen-bond donors (Lipinski definition) is 1. The van der Waals surface area contributed by atoms with Gasteiger partial charge < -0.3 is 5.32 Å². The zero-order valence-corrected chi connectivity index (χ0v) is 15.0. The lowest BCUT2D eigenvalue weighted by Gasteiger charge is -2.18. The number of rotatable bonds is 7. The Bertz CT molecular complexity index is 849. The van der Waals surface area contributed by atoms with E-state index in [-0.39, 0.29) is 22.8 Å². The van der Waals surface area contributed by atoms with Crippen LogP contribution in [0.25, 0.3) is 0 Å². The Balaban J connectivity index is 2.16. The number of carbonyl (C=O) groups is 1. The molecule has 25 heavy (non-hydrogen) atoms. The number of halogens is 1. The molecule has 0 aliphatic rings. The number of nitrogens with zero attached hydrogens (tertiary/aromatic N) is 1. The molecular weight excluding hydrogens is 343 g/mol. The Hall–Kier alpha value is -2.25. The molecule has 0 saturated carbocycles. The van der Waals surface area contributed by atoms with E-state index in [4.69, 9.17) is 0 Å². The predicted octanol–water partition coefficient (Wildman–Crippen LogP) is 2.79. The van der Waals surface area contributed by atoms with E-state index in [1.165, 1.54) is 34.6 Å². The average molecular weight is 364 g/mol. The van der Waals surface area contributed by atoms with Crippen molar-refractivity contribution in [2.75, 3.05) is 13.1 Å². The van der Waals surface area contributed by atoms with E-state index < -0.39 is 15.9 Å². The molecule has 0 fully saturated rings. The van der Waals surface area contributed by atoms with Gasteiger partial charge in [0.15, 0.2) is 0 Å². The van der Waals surface area contributed by atoms with Crippen molar-refractivity contribution in [2.24, 2.45) is 0 Å². The van der Waals surface area contributed by atoms with Gasteiger partial charge in [-0.15, -0.1) is 0 Å². The Morgan fingerprint density at radius 1 is 1.08 bits per heavy atom. The van der Waals surface area contributed by atoms with Crippen LogP contribution in [0.2, 0.25) is 0 Å². The van der Waals surface area contributed by atoms with E-state index in [1.807, 2.05) is 0 Å². The smallest absolute Gasteiger partial charge is 0.251 e. The fourth-order valence-electron chi connectivity index (χ4n) is 2.44. The molecule has 7 heteroatoms. The van der Waals surface area contributed by atoms with Crippen LogP contribution in [-0.4, -0.2) is 31.7 Å². The van der Waals surface area contributed by atoms with Gasteiger partial charge in [0.2, 0.25) is 10.0 Å². The molecule has 2 aromatic rings. The highest BCUT2D eigenvalue weighted by Gasteiger charge is 2.22. The van der Waals surface area contributed by atoms with Crippen LogP contribution in [0.3, 0.4) is 0 Å². The highest BCUT2D eigenvalue weighted by molar-refractivity contribution is 7.89. The zero-order chi connectivity index (χ0) is 18.4. The lowest BCUT2D eigenvalue weighted by Crippen LogP contribution is -2.31. The summed E-state index contributed by atoms with van der Waals surface area (Å²) in [5.74, 6) is -0.792. The molecule has 0 aromatic heterocycles. The van der Waals surface area contributed by atoms with Crippen LogP contribution in [0.1, 0.15) is 29.8 Å². The van der Waals surface area contributed by atoms with Gasteiger partial charge in [0, 0.05) is 25.2 Å². The number of amides is 1. The molecule has 0 atom stereocenters. The summed E-state index contributed by atoms with van der Waals surface area (Å²) in [6.07, 6.45) is 0. The third-order valence-corrected chi connectivity index (χ3v) is 5.83. The summed E-state index contributed by atoms with van der Waals surface area (Å²) in [7, 11) is -3.63. The first kappa shape index (κ1) is 19.1. The summed E-state index contributed by atoms with van der Waals surface area (Å²) in [6.45, 7) is 4.39. The molecule has 1 N–H and O–H groups in total. The third kappa shape index (κ3) is 4.64. The maximum Gasteiger partial charge on any atom is 0.251 e. The topological polar surface area (TPSA) is 66.5 Å². The lowest BCUT2D eigenvalue weighted by atomic mass is 10.2. The van der Waals surface area contributed by atoms with E-state index in [0.717, 1.165) is 0 Å². The van der Waals surface area contributed by atoms with E-state index in [0.29, 0.717) is 18.7 Å². The molecule has 0 saturated heterocycles. The minimum atomic E-state index is -3.63. The van der Waals surface area contributed by atoms with E-state index >= 15 is 0 Å². The summed E-state index contributed by atoms with van der Waals surface area (Å²) in [5, 5.41) is 2.66. The predicted molar refractivity (Wildman–Crippen MR) is 94.1 cm³/mol. The first-order valence-electron chi connectivity index (χ1n) is 8.01. The monoisotopic (exact) mass is 364 g/mol. The minimum absolute atomic E-state index is 0.0783. The zero-order valence-electron chi connectivity index (χ0n) is 14.2. The van der Waals surface area contributed by atoms with Crippen LogP contribution in [-0.2, 0) is 16.6 Å². The maximum atomic E-state index is 13.2. The molecule has 0 bridgehead atoms. The SMILES string of the molecule is CCN(CC)S(=O)(=O)c1cccc(C(=O)NCc2cccc(F)c2)c1. The molecule has 134 valence electrons. The number of hydrogen-bond acceptors (Lipinski definition) is 3. The van der Waals surface area contributed by atoms with Gasteiger partial charge in [0.1, 0.15) is 5.82 Å². The van der Waals surface area contributed by atoms with Gasteiger partial charge in [0.25, 0.3) is 5.91 Å². The molecule has 0 aliphatic carbocycles. The normalized spacial score (nSPS) is 11.5. The van der Waals surface area contributed by atoms with E-state index in [1.54, 1.807) is 32.0 Å². The van der Waals surface area contributed by atoms with Crippen LogP contribution >= 0.6 is 0 Å². The minimum Gasteiger partial charge on any atom is -0.348 e. The fourth-order valence-corrected chi connectivity index (χ4v) is 3.95. The molecule has 1 amide bonds. The van der Waals surface area contributed by atoms with Crippen molar-refractivity contribution < 1.29 is 17.6 Å². The second-order valence-corrected chi connectivity index (χ2v) is 7.37. The maximum absolute atomic E-state index is 13.2. The van der Waals surface area contributed by atoms with Crippen molar-refractivity contribution in [1.82, 2.24) is 9.62 Å². The Labute approximate surface area is 147 Å². The van der Waals surface area contributed by atoms with Gasteiger partial charge in [0.05, 0.1) is 4.90 Å². The molecule has 5 nitrogen and oxygen atoms in total. The van der Waals surface area contributed by atoms with Gasteiger partial charge in [-0.25, -0.2) is 12.8 Å². The Morgan fingerprint density at radius 3 is 2.40 bits per heavy atom. The molecular formula is C18H21FN2O3S. The van der Waals surface area contributed by atoms with Gasteiger partial charge >= 0.3 is 0 Å². The van der Waals surface area contributed by atoms with Crippen molar-refractivity contribution in [3.05, 3.63) is 65.5 Å². The first-order chi connectivity index (χ1) is 11.9. The molecule has 0 aliphatic heterocycles. The molecule has 0 spiro atoms. The van der Waals surface area contributed by atoms with Crippen molar-refractivity contribution in [3.8, 4) is 0 Å². The molecule has 2 rings (SSSR count). The number of nitrogens with one attached hydrogen (secondary N) is 1. The summed E-state index contributed by atoms with van der Waals surface area (Å²) in [4.78, 5) is 12.4. The highest BCUT2D eigenvalue weighted by Crippen LogP contribution is 2.17. The van der Waals surface area contributed by atoms with Gasteiger partial charge in [-0.3, -0.25) is 4.79 Å². The highest BCUT2D eigenvalue weighted by atomic mass is 32.2. The van der Waals surface area contributed by atoms with Crippen LogP contribution in [0.15, 0.2) is 53.4 Å². The second kappa shape index (κ2) is 8.22. The molecule has 2 aromatic carbocycles. The molecule has 0 radical (unpaired) electrons. The number of benzene rings is 2. The molecule has 0 heterocycles. The standard InChI is InChI=1S/C18H21FN2O3S/c1-3-21(4-2)25(23,24)17-10-6-8-15(12-17)18(22)20-13-14-7-5-9-16(19)11-14/h5-12H,3-4,13H2,1-2H3,(H,20,22). The van der Waals surface area contributed by atoms with Gasteiger partial charge in [-0.05, 0) is 35.9 Å². The summed E-state index contributed by atoms with van der Waals surface area (Å²) < 4.78 is 39.6. The quantitative estimate of drug-likeness (QED) is 0.821. The summed E-state index contributed by atoms with van der Waals surface area (Å²) in [5.41, 5.74) is 0.866. The lowest BCUT2D eigenvalue weighted by molar-refractivity contribution is 0.0950. The van der Waals surface area contributed by atoms with Crippen LogP contribution in [0, 0.1) is 5.82 Å². The third-order valence-electron chi connectivity index (χ3n) is 3.78. The van der Waals surface area contributed by atoms with Crippen molar-refractivity contribution in [2.45, 2.75) is 25.3 Å². The molecule has 0 unspecified atom stereocenters.